The molecule has 0 atom stereocenters. The Kier molecular flexibility index (Phi) is 3.06. The van der Waals surface area contributed by atoms with Crippen LogP contribution in [-0.2, 0) is 0 Å². The van der Waals surface area contributed by atoms with Gasteiger partial charge in [-0.05, 0) is 13.8 Å². The molecular weight excluding hydrogens is 178 g/mol. The zero-order valence-electron chi connectivity index (χ0n) is 8.79. The van der Waals surface area contributed by atoms with E-state index in [1.54, 1.807) is 18.0 Å². The Morgan fingerprint density at radius 2 is 2.29 bits per heavy atom. The third-order valence-electron chi connectivity index (χ3n) is 2.09. The van der Waals surface area contributed by atoms with E-state index in [4.69, 9.17) is 0 Å². The zero-order valence-corrected chi connectivity index (χ0v) is 8.79. The van der Waals surface area contributed by atoms with E-state index < -0.39 is 0 Å². The van der Waals surface area contributed by atoms with Crippen LogP contribution in [0.3, 0.4) is 0 Å². The van der Waals surface area contributed by atoms with Crippen LogP contribution in [0.2, 0.25) is 0 Å². The summed E-state index contributed by atoms with van der Waals surface area (Å²) in [6, 6.07) is 0. The van der Waals surface area contributed by atoms with Gasteiger partial charge in [0.1, 0.15) is 0 Å². The topological polar surface area (TPSA) is 49.0 Å². The van der Waals surface area contributed by atoms with E-state index in [-0.39, 0.29) is 5.91 Å². The lowest BCUT2D eigenvalue weighted by molar-refractivity contribution is 0.0809. The number of carbonyl (C=O) groups is 1. The maximum absolute atomic E-state index is 11.9. The molecule has 1 rings (SSSR count). The fraction of sp³-hybridized carbons (Fsp3) is 0.400. The van der Waals surface area contributed by atoms with Crippen molar-refractivity contribution in [3.05, 3.63) is 29.6 Å². The second-order valence-corrected chi connectivity index (χ2v) is 3.28. The summed E-state index contributed by atoms with van der Waals surface area (Å²) in [5.41, 5.74) is 2.21. The summed E-state index contributed by atoms with van der Waals surface area (Å²) >= 11 is 0. The molecule has 1 aromatic rings. The lowest BCUT2D eigenvalue weighted by Crippen LogP contribution is -2.27. The van der Waals surface area contributed by atoms with Gasteiger partial charge in [0.25, 0.3) is 5.91 Å². The van der Waals surface area contributed by atoms with E-state index in [1.165, 1.54) is 0 Å². The predicted octanol–water partition coefficient (Wildman–Crippen LogP) is 1.28. The molecule has 0 aliphatic carbocycles. The van der Waals surface area contributed by atoms with Crippen LogP contribution in [0.5, 0.6) is 0 Å². The van der Waals surface area contributed by atoms with Gasteiger partial charge in [0.2, 0.25) is 0 Å². The van der Waals surface area contributed by atoms with Gasteiger partial charge in [-0.15, -0.1) is 6.58 Å². The first-order valence-electron chi connectivity index (χ1n) is 4.45. The summed E-state index contributed by atoms with van der Waals surface area (Å²) in [7, 11) is 1.75. The van der Waals surface area contributed by atoms with Crippen molar-refractivity contribution in [2.24, 2.45) is 0 Å². The molecule has 0 bridgehead atoms. The number of aromatic amines is 1. The van der Waals surface area contributed by atoms with Crippen molar-refractivity contribution in [3.63, 3.8) is 0 Å². The maximum Gasteiger partial charge on any atom is 0.257 e. The van der Waals surface area contributed by atoms with Gasteiger partial charge in [-0.1, -0.05) is 6.08 Å². The van der Waals surface area contributed by atoms with E-state index in [2.05, 4.69) is 16.8 Å². The summed E-state index contributed by atoms with van der Waals surface area (Å²) in [4.78, 5) is 13.5. The van der Waals surface area contributed by atoms with E-state index in [0.29, 0.717) is 12.1 Å². The van der Waals surface area contributed by atoms with Gasteiger partial charge in [-0.3, -0.25) is 9.89 Å². The van der Waals surface area contributed by atoms with Crippen LogP contribution >= 0.6 is 0 Å². The van der Waals surface area contributed by atoms with E-state index in [9.17, 15) is 4.79 Å². The van der Waals surface area contributed by atoms with Gasteiger partial charge >= 0.3 is 0 Å². The number of hydrogen-bond donors (Lipinski definition) is 1. The van der Waals surface area contributed by atoms with Gasteiger partial charge in [-0.25, -0.2) is 0 Å². The second-order valence-electron chi connectivity index (χ2n) is 3.28. The number of aryl methyl sites for hydroxylation is 2. The average molecular weight is 193 g/mol. The molecule has 76 valence electrons. The first-order chi connectivity index (χ1) is 6.57. The molecule has 0 fully saturated rings. The minimum Gasteiger partial charge on any atom is -0.338 e. The number of nitrogens with zero attached hydrogens (tertiary/aromatic N) is 2. The molecule has 1 heterocycles. The van der Waals surface area contributed by atoms with Crippen molar-refractivity contribution >= 4 is 5.91 Å². The molecule has 0 saturated carbocycles. The minimum absolute atomic E-state index is 0.0198. The molecule has 1 amide bonds. The summed E-state index contributed by atoms with van der Waals surface area (Å²) in [5, 5.41) is 6.77. The first-order valence-corrected chi connectivity index (χ1v) is 4.45. The maximum atomic E-state index is 11.9. The highest BCUT2D eigenvalue weighted by molar-refractivity contribution is 5.96. The Labute approximate surface area is 83.6 Å². The molecule has 0 aliphatic heterocycles. The summed E-state index contributed by atoms with van der Waals surface area (Å²) in [6.45, 7) is 7.80. The Balaban J connectivity index is 2.94. The number of nitrogens with one attached hydrogen (secondary N) is 1. The van der Waals surface area contributed by atoms with Crippen molar-refractivity contribution in [3.8, 4) is 0 Å². The lowest BCUT2D eigenvalue weighted by Gasteiger charge is -2.14. The number of hydrogen-bond acceptors (Lipinski definition) is 2. The van der Waals surface area contributed by atoms with Crippen LogP contribution in [-0.4, -0.2) is 34.6 Å². The lowest BCUT2D eigenvalue weighted by atomic mass is 10.2. The molecule has 0 aliphatic rings. The molecule has 4 nitrogen and oxygen atoms in total. The number of H-pyrrole nitrogens is 1. The van der Waals surface area contributed by atoms with Gasteiger partial charge < -0.3 is 4.90 Å². The molecule has 1 N–H and O–H groups in total. The average Bonchev–Trinajstić information content (AvgIpc) is 2.46. The molecule has 1 aromatic heterocycles. The van der Waals surface area contributed by atoms with Crippen molar-refractivity contribution in [2.45, 2.75) is 13.8 Å². The molecule has 0 saturated heterocycles. The third kappa shape index (κ3) is 1.84. The summed E-state index contributed by atoms with van der Waals surface area (Å²) < 4.78 is 0. The quantitative estimate of drug-likeness (QED) is 0.735. The van der Waals surface area contributed by atoms with Crippen LogP contribution in [0.15, 0.2) is 12.7 Å². The smallest absolute Gasteiger partial charge is 0.257 e. The van der Waals surface area contributed by atoms with Crippen LogP contribution in [0.1, 0.15) is 21.7 Å². The number of rotatable bonds is 3. The van der Waals surface area contributed by atoms with Gasteiger partial charge in [-0.2, -0.15) is 5.10 Å². The minimum atomic E-state index is -0.0198. The summed E-state index contributed by atoms with van der Waals surface area (Å²) in [5.74, 6) is -0.0198. The van der Waals surface area contributed by atoms with Gasteiger partial charge in [0, 0.05) is 19.3 Å². The van der Waals surface area contributed by atoms with Crippen LogP contribution in [0.4, 0.5) is 0 Å². The van der Waals surface area contributed by atoms with Crippen molar-refractivity contribution in [1.82, 2.24) is 15.1 Å². The highest BCUT2D eigenvalue weighted by Gasteiger charge is 2.17. The van der Waals surface area contributed by atoms with E-state index >= 15 is 0 Å². The fourth-order valence-electron chi connectivity index (χ4n) is 1.33. The Morgan fingerprint density at radius 3 is 2.71 bits per heavy atom. The number of aromatic nitrogens is 2. The molecule has 4 heteroatoms. The van der Waals surface area contributed by atoms with Crippen molar-refractivity contribution in [1.29, 1.82) is 0 Å². The Morgan fingerprint density at radius 1 is 1.64 bits per heavy atom. The largest absolute Gasteiger partial charge is 0.338 e. The molecule has 0 spiro atoms. The Bertz CT molecular complexity index is 335. The molecule has 0 aromatic carbocycles. The monoisotopic (exact) mass is 193 g/mol. The molecule has 0 radical (unpaired) electrons. The van der Waals surface area contributed by atoms with Crippen molar-refractivity contribution in [2.75, 3.05) is 13.6 Å². The standard InChI is InChI=1S/C10H15N3O/c1-5-6-13(4)10(14)9-7(2)11-12-8(9)3/h5H,1,6H2,2-4H3,(H,11,12). The third-order valence-corrected chi connectivity index (χ3v) is 2.09. The Hall–Kier alpha value is -1.58. The van der Waals surface area contributed by atoms with E-state index in [0.717, 1.165) is 11.4 Å². The number of carbonyl (C=O) groups excluding carboxylic acids is 1. The second kappa shape index (κ2) is 4.09. The van der Waals surface area contributed by atoms with Gasteiger partial charge in [0.15, 0.2) is 0 Å². The zero-order chi connectivity index (χ0) is 10.7. The number of amides is 1. The highest BCUT2D eigenvalue weighted by atomic mass is 16.2. The fourth-order valence-corrected chi connectivity index (χ4v) is 1.33. The van der Waals surface area contributed by atoms with Crippen molar-refractivity contribution < 1.29 is 4.79 Å². The van der Waals surface area contributed by atoms with E-state index in [1.807, 2.05) is 13.8 Å². The molecule has 14 heavy (non-hydrogen) atoms. The normalized spacial score (nSPS) is 9.93. The summed E-state index contributed by atoms with van der Waals surface area (Å²) in [6.07, 6.45) is 1.70. The first kappa shape index (κ1) is 10.5. The van der Waals surface area contributed by atoms with Crippen LogP contribution in [0.25, 0.3) is 0 Å². The van der Waals surface area contributed by atoms with Crippen LogP contribution in [0, 0.1) is 13.8 Å². The molecular formula is C10H15N3O. The highest BCUT2D eigenvalue weighted by Crippen LogP contribution is 2.11. The van der Waals surface area contributed by atoms with Crippen LogP contribution < -0.4 is 0 Å². The SMILES string of the molecule is C=CCN(C)C(=O)c1c(C)n[nH]c1C. The number of likely N-dealkylation sites (N-methyl/N-ethyl adjacent to an activating group) is 1. The predicted molar refractivity (Wildman–Crippen MR) is 55.2 cm³/mol. The molecule has 0 unspecified atom stereocenters. The van der Waals surface area contributed by atoms with Gasteiger partial charge in [0.05, 0.1) is 11.3 Å².